The summed E-state index contributed by atoms with van der Waals surface area (Å²) in [6.07, 6.45) is 0. The zero-order chi connectivity index (χ0) is 17.0. The second-order valence-corrected chi connectivity index (χ2v) is 8.11. The molecule has 0 aromatic heterocycles. The van der Waals surface area contributed by atoms with Crippen LogP contribution in [0.5, 0.6) is 0 Å². The van der Waals surface area contributed by atoms with E-state index in [1.54, 1.807) is 45.0 Å². The van der Waals surface area contributed by atoms with Crippen molar-refractivity contribution >= 4 is 40.0 Å². The topological polar surface area (TPSA) is 96.6 Å². The molecule has 1 aromatic rings. The standard InChI is InChI=1S/C15H26N4O2S.HI/c1-11(2)18-14(16)17-10-12-8-6-7-9-13(12)22(20,21)19-15(3,4)5;/h6-9,11,19H,10H2,1-5H3,(H3,16,17,18);1H. The Hall–Kier alpha value is -0.870. The maximum absolute atomic E-state index is 12.5. The molecule has 0 spiro atoms. The summed E-state index contributed by atoms with van der Waals surface area (Å²) >= 11 is 0. The largest absolute Gasteiger partial charge is 0.370 e. The molecule has 0 heterocycles. The molecule has 0 radical (unpaired) electrons. The van der Waals surface area contributed by atoms with Gasteiger partial charge < -0.3 is 11.1 Å². The Kier molecular flexibility index (Phi) is 8.50. The van der Waals surface area contributed by atoms with E-state index in [0.29, 0.717) is 11.5 Å². The molecule has 1 rings (SSSR count). The molecule has 0 atom stereocenters. The lowest BCUT2D eigenvalue weighted by Gasteiger charge is -2.21. The lowest BCUT2D eigenvalue weighted by molar-refractivity contribution is 0.491. The smallest absolute Gasteiger partial charge is 0.241 e. The molecule has 0 amide bonds. The Bertz CT molecular complexity index is 637. The van der Waals surface area contributed by atoms with Crippen LogP contribution in [0.3, 0.4) is 0 Å². The zero-order valence-corrected chi connectivity index (χ0v) is 17.4. The van der Waals surface area contributed by atoms with Crippen LogP contribution in [0.15, 0.2) is 34.2 Å². The van der Waals surface area contributed by atoms with Gasteiger partial charge in [-0.25, -0.2) is 18.1 Å². The van der Waals surface area contributed by atoms with Gasteiger partial charge in [0.1, 0.15) is 0 Å². The average Bonchev–Trinajstić information content (AvgIpc) is 2.33. The van der Waals surface area contributed by atoms with E-state index in [4.69, 9.17) is 5.73 Å². The van der Waals surface area contributed by atoms with E-state index in [1.165, 1.54) is 0 Å². The summed E-state index contributed by atoms with van der Waals surface area (Å²) in [7, 11) is -3.60. The van der Waals surface area contributed by atoms with Gasteiger partial charge in [0.05, 0.1) is 11.4 Å². The van der Waals surface area contributed by atoms with Crippen LogP contribution < -0.4 is 15.8 Å². The van der Waals surface area contributed by atoms with E-state index in [0.717, 1.165) is 0 Å². The highest BCUT2D eigenvalue weighted by Crippen LogP contribution is 2.18. The van der Waals surface area contributed by atoms with Crippen molar-refractivity contribution in [3.05, 3.63) is 29.8 Å². The third-order valence-electron chi connectivity index (χ3n) is 2.56. The molecule has 0 unspecified atom stereocenters. The monoisotopic (exact) mass is 454 g/mol. The van der Waals surface area contributed by atoms with Crippen molar-refractivity contribution in [3.8, 4) is 0 Å². The van der Waals surface area contributed by atoms with E-state index in [1.807, 2.05) is 13.8 Å². The summed E-state index contributed by atoms with van der Waals surface area (Å²) in [6, 6.07) is 6.96. The quantitative estimate of drug-likeness (QED) is 0.361. The molecule has 0 aliphatic rings. The molecular weight excluding hydrogens is 427 g/mol. The number of hydrogen-bond donors (Lipinski definition) is 3. The average molecular weight is 454 g/mol. The van der Waals surface area contributed by atoms with Gasteiger partial charge in [0.2, 0.25) is 10.0 Å². The minimum atomic E-state index is -3.60. The Morgan fingerprint density at radius 1 is 1.26 bits per heavy atom. The molecule has 4 N–H and O–H groups in total. The molecular formula is C15H27IN4O2S. The highest BCUT2D eigenvalue weighted by atomic mass is 127. The number of rotatable bonds is 5. The van der Waals surface area contributed by atoms with Crippen LogP contribution >= 0.6 is 24.0 Å². The van der Waals surface area contributed by atoms with Crippen LogP contribution in [-0.4, -0.2) is 26.0 Å². The Labute approximate surface area is 156 Å². The highest BCUT2D eigenvalue weighted by molar-refractivity contribution is 14.0. The van der Waals surface area contributed by atoms with Crippen molar-refractivity contribution in [1.82, 2.24) is 10.0 Å². The molecule has 0 bridgehead atoms. The van der Waals surface area contributed by atoms with Gasteiger partial charge in [-0.3, -0.25) is 0 Å². The van der Waals surface area contributed by atoms with E-state index < -0.39 is 15.6 Å². The van der Waals surface area contributed by atoms with E-state index >= 15 is 0 Å². The van der Waals surface area contributed by atoms with Gasteiger partial charge in [0, 0.05) is 11.6 Å². The summed E-state index contributed by atoms with van der Waals surface area (Å²) < 4.78 is 27.6. The van der Waals surface area contributed by atoms with Crippen molar-refractivity contribution in [2.45, 2.75) is 57.6 Å². The highest BCUT2D eigenvalue weighted by Gasteiger charge is 2.24. The first-order chi connectivity index (χ1) is 10.0. The van der Waals surface area contributed by atoms with Crippen molar-refractivity contribution in [2.24, 2.45) is 10.7 Å². The molecule has 0 saturated heterocycles. The third kappa shape index (κ3) is 7.98. The number of guanidine groups is 1. The number of nitrogens with two attached hydrogens (primary N) is 1. The minimum Gasteiger partial charge on any atom is -0.370 e. The Morgan fingerprint density at radius 2 is 1.83 bits per heavy atom. The first kappa shape index (κ1) is 22.1. The summed E-state index contributed by atoms with van der Waals surface area (Å²) in [6.45, 7) is 9.51. The molecule has 1 aromatic carbocycles. The van der Waals surface area contributed by atoms with Gasteiger partial charge in [-0.1, -0.05) is 18.2 Å². The van der Waals surface area contributed by atoms with Gasteiger partial charge in [-0.2, -0.15) is 0 Å². The number of benzene rings is 1. The number of halogens is 1. The molecule has 0 saturated carbocycles. The number of hydrogen-bond acceptors (Lipinski definition) is 3. The van der Waals surface area contributed by atoms with Crippen LogP contribution in [-0.2, 0) is 16.6 Å². The Balaban J connectivity index is 0.00000484. The van der Waals surface area contributed by atoms with Crippen molar-refractivity contribution < 1.29 is 8.42 Å². The van der Waals surface area contributed by atoms with Crippen LogP contribution in [0.4, 0.5) is 0 Å². The van der Waals surface area contributed by atoms with Gasteiger partial charge in [-0.05, 0) is 46.2 Å². The number of nitrogens with one attached hydrogen (secondary N) is 2. The fraction of sp³-hybridized carbons (Fsp3) is 0.533. The van der Waals surface area contributed by atoms with Crippen LogP contribution in [0.25, 0.3) is 0 Å². The predicted octanol–water partition coefficient (Wildman–Crippen LogP) is 2.19. The fourth-order valence-corrected chi connectivity index (χ4v) is 3.52. The lowest BCUT2D eigenvalue weighted by Crippen LogP contribution is -2.40. The van der Waals surface area contributed by atoms with Gasteiger partial charge >= 0.3 is 0 Å². The zero-order valence-electron chi connectivity index (χ0n) is 14.3. The molecule has 23 heavy (non-hydrogen) atoms. The summed E-state index contributed by atoms with van der Waals surface area (Å²) in [4.78, 5) is 4.42. The SMILES string of the molecule is CC(C)NC(N)=NCc1ccccc1S(=O)(=O)NC(C)(C)C.I. The maximum atomic E-state index is 12.5. The maximum Gasteiger partial charge on any atom is 0.241 e. The predicted molar refractivity (Wildman–Crippen MR) is 106 cm³/mol. The normalized spacial score (nSPS) is 12.9. The summed E-state index contributed by atoms with van der Waals surface area (Å²) in [5, 5.41) is 2.97. The number of nitrogens with zero attached hydrogens (tertiary/aromatic N) is 1. The van der Waals surface area contributed by atoms with Crippen molar-refractivity contribution in [3.63, 3.8) is 0 Å². The molecule has 6 nitrogen and oxygen atoms in total. The summed E-state index contributed by atoms with van der Waals surface area (Å²) in [5.41, 5.74) is 5.81. The summed E-state index contributed by atoms with van der Waals surface area (Å²) in [5.74, 6) is 0.297. The number of sulfonamides is 1. The van der Waals surface area contributed by atoms with Crippen molar-refractivity contribution in [2.75, 3.05) is 0 Å². The van der Waals surface area contributed by atoms with Gasteiger partial charge in [-0.15, -0.1) is 24.0 Å². The Morgan fingerprint density at radius 3 is 2.35 bits per heavy atom. The number of aliphatic imine (C=N–C) groups is 1. The molecule has 0 aliphatic carbocycles. The van der Waals surface area contributed by atoms with Crippen molar-refractivity contribution in [1.29, 1.82) is 0 Å². The van der Waals surface area contributed by atoms with E-state index in [2.05, 4.69) is 15.0 Å². The molecule has 0 fully saturated rings. The first-order valence-electron chi connectivity index (χ1n) is 7.19. The van der Waals surface area contributed by atoms with E-state index in [9.17, 15) is 8.42 Å². The molecule has 132 valence electrons. The van der Waals surface area contributed by atoms with Gasteiger partial charge in [0.15, 0.2) is 5.96 Å². The fourth-order valence-electron chi connectivity index (χ4n) is 1.87. The molecule has 8 heteroatoms. The van der Waals surface area contributed by atoms with Crippen LogP contribution in [0.2, 0.25) is 0 Å². The first-order valence-corrected chi connectivity index (χ1v) is 8.68. The van der Waals surface area contributed by atoms with Crippen LogP contribution in [0, 0.1) is 0 Å². The van der Waals surface area contributed by atoms with Gasteiger partial charge in [0.25, 0.3) is 0 Å². The van der Waals surface area contributed by atoms with E-state index in [-0.39, 0.29) is 41.5 Å². The molecule has 0 aliphatic heterocycles. The second-order valence-electron chi connectivity index (χ2n) is 6.46. The van der Waals surface area contributed by atoms with Crippen LogP contribution in [0.1, 0.15) is 40.2 Å². The minimum absolute atomic E-state index is 0. The third-order valence-corrected chi connectivity index (χ3v) is 4.42. The second kappa shape index (κ2) is 8.84. The lowest BCUT2D eigenvalue weighted by atomic mass is 10.1.